The van der Waals surface area contributed by atoms with Crippen LogP contribution in [0.25, 0.3) is 11.3 Å². The number of hydrogen-bond acceptors (Lipinski definition) is 4. The molecule has 0 bridgehead atoms. The van der Waals surface area contributed by atoms with Crippen LogP contribution in [0.15, 0.2) is 48.7 Å². The van der Waals surface area contributed by atoms with E-state index in [1.165, 1.54) is 12.1 Å². The van der Waals surface area contributed by atoms with Gasteiger partial charge < -0.3 is 9.80 Å². The SMILES string of the molecule is O=C([C@@H]1CCc2[nH]nc(-c3cccc(F)c3)c2C1)N1CCN(c2ccccn2)CC1. The molecule has 5 rings (SSSR count). The number of nitrogens with one attached hydrogen (secondary N) is 1. The first-order valence-electron chi connectivity index (χ1n) is 10.5. The van der Waals surface area contributed by atoms with E-state index in [-0.39, 0.29) is 17.6 Å². The number of pyridine rings is 1. The van der Waals surface area contributed by atoms with Crippen LogP contribution in [0.1, 0.15) is 17.7 Å². The van der Waals surface area contributed by atoms with Crippen molar-refractivity contribution in [3.05, 3.63) is 65.7 Å². The van der Waals surface area contributed by atoms with E-state index < -0.39 is 0 Å². The van der Waals surface area contributed by atoms with Crippen LogP contribution in [-0.2, 0) is 17.6 Å². The third-order valence-corrected chi connectivity index (χ3v) is 6.16. The number of aromatic amines is 1. The summed E-state index contributed by atoms with van der Waals surface area (Å²) in [5, 5.41) is 7.52. The Labute approximate surface area is 174 Å². The fourth-order valence-electron chi connectivity index (χ4n) is 4.54. The van der Waals surface area contributed by atoms with Crippen LogP contribution in [0.4, 0.5) is 10.2 Å². The number of fused-ring (bicyclic) bond motifs is 1. The number of rotatable bonds is 3. The summed E-state index contributed by atoms with van der Waals surface area (Å²) in [5.74, 6) is 0.847. The monoisotopic (exact) mass is 405 g/mol. The van der Waals surface area contributed by atoms with Gasteiger partial charge in [0.1, 0.15) is 11.6 Å². The molecule has 3 aromatic rings. The largest absolute Gasteiger partial charge is 0.353 e. The van der Waals surface area contributed by atoms with Gasteiger partial charge in [0.05, 0.1) is 5.69 Å². The van der Waals surface area contributed by atoms with Crippen molar-refractivity contribution < 1.29 is 9.18 Å². The maximum atomic E-state index is 13.7. The number of benzene rings is 1. The Bertz CT molecular complexity index is 1040. The molecule has 2 aromatic heterocycles. The minimum atomic E-state index is -0.279. The van der Waals surface area contributed by atoms with Gasteiger partial charge in [0.25, 0.3) is 0 Å². The standard InChI is InChI=1S/C23H24FN5O/c24-18-5-3-4-16(14-18)22-19-15-17(7-8-20(19)26-27-22)23(30)29-12-10-28(11-13-29)21-6-1-2-9-25-21/h1-6,9,14,17H,7-8,10-13,15H2,(H,26,27)/t17-/m1/s1. The molecule has 30 heavy (non-hydrogen) atoms. The summed E-state index contributed by atoms with van der Waals surface area (Å²) in [6.07, 6.45) is 4.06. The van der Waals surface area contributed by atoms with Crippen molar-refractivity contribution in [2.45, 2.75) is 19.3 Å². The molecule has 1 fully saturated rings. The summed E-state index contributed by atoms with van der Waals surface area (Å²) in [7, 11) is 0. The molecule has 0 unspecified atom stereocenters. The van der Waals surface area contributed by atoms with Crippen molar-refractivity contribution in [2.24, 2.45) is 5.92 Å². The van der Waals surface area contributed by atoms with Crippen LogP contribution < -0.4 is 4.90 Å². The van der Waals surface area contributed by atoms with Crippen molar-refractivity contribution in [1.82, 2.24) is 20.1 Å². The average Bonchev–Trinajstić information content (AvgIpc) is 3.23. The first kappa shape index (κ1) is 18.8. The molecule has 1 aliphatic heterocycles. The normalized spacial score (nSPS) is 18.9. The van der Waals surface area contributed by atoms with Crippen molar-refractivity contribution in [3.8, 4) is 11.3 Å². The Kier molecular flexibility index (Phi) is 4.94. The fourth-order valence-corrected chi connectivity index (χ4v) is 4.54. The molecule has 0 saturated carbocycles. The molecule has 7 heteroatoms. The molecule has 154 valence electrons. The molecular weight excluding hydrogens is 381 g/mol. The zero-order valence-electron chi connectivity index (χ0n) is 16.7. The summed E-state index contributed by atoms with van der Waals surface area (Å²) in [6, 6.07) is 12.4. The predicted molar refractivity (Wildman–Crippen MR) is 113 cm³/mol. The Balaban J connectivity index is 1.27. The summed E-state index contributed by atoms with van der Waals surface area (Å²) >= 11 is 0. The molecule has 1 saturated heterocycles. The first-order valence-corrected chi connectivity index (χ1v) is 10.5. The quantitative estimate of drug-likeness (QED) is 0.727. The van der Waals surface area contributed by atoms with Gasteiger partial charge in [-0.25, -0.2) is 9.37 Å². The second kappa shape index (κ2) is 7.89. The lowest BCUT2D eigenvalue weighted by Crippen LogP contribution is -2.51. The number of aromatic nitrogens is 3. The number of amides is 1. The van der Waals surface area contributed by atoms with Crippen LogP contribution >= 0.6 is 0 Å². The van der Waals surface area contributed by atoms with E-state index in [2.05, 4.69) is 20.1 Å². The molecule has 1 aliphatic carbocycles. The molecule has 1 N–H and O–H groups in total. The lowest BCUT2D eigenvalue weighted by Gasteiger charge is -2.37. The van der Waals surface area contributed by atoms with E-state index in [4.69, 9.17) is 0 Å². The van der Waals surface area contributed by atoms with Gasteiger partial charge >= 0.3 is 0 Å². The Morgan fingerprint density at radius 1 is 1.10 bits per heavy atom. The van der Waals surface area contributed by atoms with E-state index >= 15 is 0 Å². The van der Waals surface area contributed by atoms with Crippen LogP contribution in [0, 0.1) is 11.7 Å². The molecule has 1 amide bonds. The van der Waals surface area contributed by atoms with Crippen molar-refractivity contribution in [3.63, 3.8) is 0 Å². The summed E-state index contributed by atoms with van der Waals surface area (Å²) in [5.41, 5.74) is 3.64. The topological polar surface area (TPSA) is 65.1 Å². The number of halogens is 1. The second-order valence-corrected chi connectivity index (χ2v) is 7.98. The highest BCUT2D eigenvalue weighted by atomic mass is 19.1. The van der Waals surface area contributed by atoms with Crippen LogP contribution in [-0.4, -0.2) is 52.2 Å². The van der Waals surface area contributed by atoms with Gasteiger partial charge in [0.15, 0.2) is 0 Å². The average molecular weight is 405 g/mol. The summed E-state index contributed by atoms with van der Waals surface area (Å²) in [6.45, 7) is 3.00. The van der Waals surface area contributed by atoms with Gasteiger partial charge in [-0.3, -0.25) is 9.89 Å². The number of hydrogen-bond donors (Lipinski definition) is 1. The summed E-state index contributed by atoms with van der Waals surface area (Å²) < 4.78 is 13.7. The second-order valence-electron chi connectivity index (χ2n) is 7.98. The highest BCUT2D eigenvalue weighted by Crippen LogP contribution is 2.33. The number of anilines is 1. The third-order valence-electron chi connectivity index (χ3n) is 6.16. The van der Waals surface area contributed by atoms with Crippen molar-refractivity contribution >= 4 is 11.7 Å². The highest BCUT2D eigenvalue weighted by Gasteiger charge is 2.32. The zero-order valence-corrected chi connectivity index (χ0v) is 16.7. The van der Waals surface area contributed by atoms with Gasteiger partial charge in [0.2, 0.25) is 5.91 Å². The molecule has 0 spiro atoms. The van der Waals surface area contributed by atoms with E-state index in [9.17, 15) is 9.18 Å². The van der Waals surface area contributed by atoms with Crippen LogP contribution in [0.3, 0.4) is 0 Å². The Morgan fingerprint density at radius 3 is 2.73 bits per heavy atom. The number of aryl methyl sites for hydroxylation is 1. The van der Waals surface area contributed by atoms with Gasteiger partial charge in [0, 0.05) is 55.1 Å². The maximum absolute atomic E-state index is 13.7. The van der Waals surface area contributed by atoms with Gasteiger partial charge in [-0.2, -0.15) is 5.10 Å². The fraction of sp³-hybridized carbons (Fsp3) is 0.348. The first-order chi connectivity index (χ1) is 14.7. The lowest BCUT2D eigenvalue weighted by atomic mass is 9.84. The number of piperazine rings is 1. The number of carbonyl (C=O) groups excluding carboxylic acids is 1. The number of carbonyl (C=O) groups is 1. The predicted octanol–water partition coefficient (Wildman–Crippen LogP) is 3.06. The Morgan fingerprint density at radius 2 is 1.97 bits per heavy atom. The third kappa shape index (κ3) is 3.56. The summed E-state index contributed by atoms with van der Waals surface area (Å²) in [4.78, 5) is 21.8. The maximum Gasteiger partial charge on any atom is 0.226 e. The molecule has 2 aliphatic rings. The molecule has 3 heterocycles. The lowest BCUT2D eigenvalue weighted by molar-refractivity contribution is -0.136. The van der Waals surface area contributed by atoms with Crippen molar-refractivity contribution in [2.75, 3.05) is 31.1 Å². The zero-order chi connectivity index (χ0) is 20.5. The minimum Gasteiger partial charge on any atom is -0.353 e. The molecule has 1 aromatic carbocycles. The van der Waals surface area contributed by atoms with Crippen LogP contribution in [0.5, 0.6) is 0 Å². The van der Waals surface area contributed by atoms with E-state index in [0.717, 1.165) is 54.3 Å². The van der Waals surface area contributed by atoms with E-state index in [1.807, 2.05) is 29.2 Å². The minimum absolute atomic E-state index is 0.0520. The van der Waals surface area contributed by atoms with Gasteiger partial charge in [-0.05, 0) is 43.5 Å². The Hall–Kier alpha value is -3.22. The van der Waals surface area contributed by atoms with E-state index in [0.29, 0.717) is 19.5 Å². The number of nitrogens with zero attached hydrogens (tertiary/aromatic N) is 4. The highest BCUT2D eigenvalue weighted by molar-refractivity contribution is 5.80. The smallest absolute Gasteiger partial charge is 0.226 e. The van der Waals surface area contributed by atoms with Crippen molar-refractivity contribution in [1.29, 1.82) is 0 Å². The molecule has 0 radical (unpaired) electrons. The number of H-pyrrole nitrogens is 1. The van der Waals surface area contributed by atoms with Gasteiger partial charge in [-0.15, -0.1) is 0 Å². The van der Waals surface area contributed by atoms with Crippen LogP contribution in [0.2, 0.25) is 0 Å². The van der Waals surface area contributed by atoms with E-state index in [1.54, 1.807) is 12.3 Å². The molecule has 6 nitrogen and oxygen atoms in total. The molecular formula is C23H24FN5O. The molecule has 1 atom stereocenters. The van der Waals surface area contributed by atoms with Gasteiger partial charge in [-0.1, -0.05) is 18.2 Å².